The number of nitrogens with zero attached hydrogens (tertiary/aromatic N) is 1. The van der Waals surface area contributed by atoms with E-state index in [1.807, 2.05) is 0 Å². The summed E-state index contributed by atoms with van der Waals surface area (Å²) in [5.41, 5.74) is 8.00. The number of quaternary nitrogens is 1. The minimum Gasteiger partial charge on any atom is -0.394 e. The quantitative estimate of drug-likeness (QED) is 0.557. The van der Waals surface area contributed by atoms with Crippen LogP contribution in [0.15, 0.2) is 6.07 Å². The van der Waals surface area contributed by atoms with E-state index in [1.165, 1.54) is 18.7 Å². The molecule has 0 aliphatic carbocycles. The molecule has 0 aliphatic heterocycles. The van der Waals surface area contributed by atoms with Crippen molar-refractivity contribution in [3.05, 3.63) is 16.4 Å². The molecule has 1 aromatic rings. The highest BCUT2D eigenvalue weighted by molar-refractivity contribution is 6.34. The molecule has 1 heterocycles. The highest BCUT2D eigenvalue weighted by Crippen LogP contribution is 2.24. The van der Waals surface area contributed by atoms with E-state index in [1.54, 1.807) is 0 Å². The van der Waals surface area contributed by atoms with Crippen molar-refractivity contribution in [2.24, 2.45) is 0 Å². The number of hydrogen-bond acceptors (Lipinski definition) is 3. The molecule has 12 heavy (non-hydrogen) atoms. The Morgan fingerprint density at radius 1 is 1.58 bits per heavy atom. The maximum absolute atomic E-state index is 5.73. The molecule has 4 nitrogen and oxygen atoms in total. The Hall–Kier alpha value is -0.550. The molecule has 0 spiro atoms. The number of anilines is 1. The fourth-order valence-corrected chi connectivity index (χ4v) is 1.24. The van der Waals surface area contributed by atoms with Gasteiger partial charge in [-0.15, -0.1) is 0 Å². The van der Waals surface area contributed by atoms with E-state index in [0.717, 1.165) is 0 Å². The second kappa shape index (κ2) is 3.91. The molecular weight excluding hydrogens is 201 g/mol. The van der Waals surface area contributed by atoms with Gasteiger partial charge in [0.1, 0.15) is 10.8 Å². The zero-order chi connectivity index (χ0) is 9.14. The van der Waals surface area contributed by atoms with Crippen LogP contribution in [0.2, 0.25) is 10.3 Å². The van der Waals surface area contributed by atoms with E-state index in [9.17, 15) is 0 Å². The first kappa shape index (κ1) is 9.54. The molecule has 0 aromatic carbocycles. The van der Waals surface area contributed by atoms with Gasteiger partial charge in [0.2, 0.25) is 5.69 Å². The van der Waals surface area contributed by atoms with Crippen LogP contribution in [0.5, 0.6) is 0 Å². The fourth-order valence-electron chi connectivity index (χ4n) is 0.746. The van der Waals surface area contributed by atoms with E-state index >= 15 is 0 Å². The zero-order valence-electron chi connectivity index (χ0n) is 6.34. The van der Waals surface area contributed by atoms with Gasteiger partial charge in [0.15, 0.2) is 5.15 Å². The zero-order valence-corrected chi connectivity index (χ0v) is 7.86. The van der Waals surface area contributed by atoms with Crippen molar-refractivity contribution in [3.8, 4) is 0 Å². The van der Waals surface area contributed by atoms with Gasteiger partial charge < -0.3 is 5.73 Å². The lowest BCUT2D eigenvalue weighted by Crippen LogP contribution is -2.76. The predicted molar refractivity (Wildman–Crippen MR) is 47.3 cm³/mol. The van der Waals surface area contributed by atoms with E-state index in [2.05, 4.69) is 4.98 Å². The summed E-state index contributed by atoms with van der Waals surface area (Å²) in [7, 11) is 1.50. The standard InChI is InChI=1S/C6H7Cl2N3O/c1-12-11-5-3(9)2-4(7)10-6(5)8/h2,11H,1H3,(H2,9,10)/p+1. The number of halogens is 2. The Balaban J connectivity index is 3.10. The number of rotatable bonds is 2. The van der Waals surface area contributed by atoms with Gasteiger partial charge in [0.05, 0.1) is 7.11 Å². The maximum Gasteiger partial charge on any atom is 0.222 e. The van der Waals surface area contributed by atoms with Crippen molar-refractivity contribution in [1.82, 2.24) is 4.98 Å². The molecule has 0 aliphatic rings. The third kappa shape index (κ3) is 1.98. The summed E-state index contributed by atoms with van der Waals surface area (Å²) in [5.74, 6) is 0. The Labute approximate surface area is 79.6 Å². The topological polar surface area (TPSA) is 64.8 Å². The minimum atomic E-state index is 0.238. The second-order valence-corrected chi connectivity index (χ2v) is 2.84. The van der Waals surface area contributed by atoms with Crippen LogP contribution in [0.25, 0.3) is 0 Å². The smallest absolute Gasteiger partial charge is 0.222 e. The van der Waals surface area contributed by atoms with Crippen LogP contribution in [0.3, 0.4) is 0 Å². The molecule has 1 rings (SSSR count). The van der Waals surface area contributed by atoms with E-state index in [4.69, 9.17) is 33.8 Å². The van der Waals surface area contributed by atoms with Gasteiger partial charge in [-0.1, -0.05) is 23.2 Å². The normalized spacial score (nSPS) is 10.2. The highest BCUT2D eigenvalue weighted by atomic mass is 35.5. The number of hydrogen-bond donors (Lipinski definition) is 2. The first-order chi connectivity index (χ1) is 5.65. The molecule has 0 saturated carbocycles. The number of pyridine rings is 1. The summed E-state index contributed by atoms with van der Waals surface area (Å²) < 4.78 is 0. The fraction of sp³-hybridized carbons (Fsp3) is 0.167. The van der Waals surface area contributed by atoms with Crippen molar-refractivity contribution in [3.63, 3.8) is 0 Å². The lowest BCUT2D eigenvalue weighted by Gasteiger charge is -2.02. The number of nitrogens with two attached hydrogens (primary N) is 2. The summed E-state index contributed by atoms with van der Waals surface area (Å²) in [6.45, 7) is 0. The van der Waals surface area contributed by atoms with Crippen LogP contribution < -0.4 is 11.2 Å². The number of nitrogen functional groups attached to an aromatic ring is 1. The third-order valence-electron chi connectivity index (χ3n) is 1.25. The van der Waals surface area contributed by atoms with Crippen LogP contribution in [0, 0.1) is 0 Å². The maximum atomic E-state index is 5.73. The molecule has 0 fully saturated rings. The lowest BCUT2D eigenvalue weighted by atomic mass is 10.4. The summed E-state index contributed by atoms with van der Waals surface area (Å²) >= 11 is 11.3. The average molecular weight is 209 g/mol. The first-order valence-corrected chi connectivity index (χ1v) is 3.88. The molecule has 0 amide bonds. The first-order valence-electron chi connectivity index (χ1n) is 3.12. The predicted octanol–water partition coefficient (Wildman–Crippen LogP) is 0.727. The van der Waals surface area contributed by atoms with Crippen LogP contribution in [0.1, 0.15) is 0 Å². The second-order valence-electron chi connectivity index (χ2n) is 2.09. The monoisotopic (exact) mass is 208 g/mol. The molecule has 0 bridgehead atoms. The average Bonchev–Trinajstić information content (AvgIpc) is 1.96. The number of aromatic nitrogens is 1. The molecule has 0 unspecified atom stereocenters. The van der Waals surface area contributed by atoms with Crippen LogP contribution >= 0.6 is 23.2 Å². The van der Waals surface area contributed by atoms with Gasteiger partial charge in [0, 0.05) is 6.07 Å². The Kier molecular flexibility index (Phi) is 3.11. The summed E-state index contributed by atoms with van der Waals surface area (Å²) in [4.78, 5) is 8.55. The molecule has 6 heteroatoms. The van der Waals surface area contributed by atoms with Crippen molar-refractivity contribution < 1.29 is 10.3 Å². The van der Waals surface area contributed by atoms with Gasteiger partial charge in [0.25, 0.3) is 0 Å². The molecule has 0 saturated heterocycles. The lowest BCUT2D eigenvalue weighted by molar-refractivity contribution is -0.829. The van der Waals surface area contributed by atoms with Gasteiger partial charge in [-0.05, 0) is 0 Å². The van der Waals surface area contributed by atoms with Crippen molar-refractivity contribution >= 4 is 34.6 Å². The summed E-state index contributed by atoms with van der Waals surface area (Å²) in [6, 6.07) is 1.51. The van der Waals surface area contributed by atoms with Crippen molar-refractivity contribution in [1.29, 1.82) is 0 Å². The third-order valence-corrected chi connectivity index (χ3v) is 1.73. The molecule has 1 aromatic heterocycles. The van der Waals surface area contributed by atoms with Crippen LogP contribution in [-0.2, 0) is 4.84 Å². The Morgan fingerprint density at radius 3 is 2.75 bits per heavy atom. The minimum absolute atomic E-state index is 0.238. The van der Waals surface area contributed by atoms with Crippen LogP contribution in [-0.4, -0.2) is 12.1 Å². The molecule has 66 valence electrons. The van der Waals surface area contributed by atoms with Gasteiger partial charge in [-0.25, -0.2) is 9.82 Å². The van der Waals surface area contributed by atoms with E-state index < -0.39 is 0 Å². The Morgan fingerprint density at radius 2 is 2.25 bits per heavy atom. The van der Waals surface area contributed by atoms with Gasteiger partial charge >= 0.3 is 0 Å². The highest BCUT2D eigenvalue weighted by Gasteiger charge is 2.11. The van der Waals surface area contributed by atoms with Gasteiger partial charge in [-0.2, -0.15) is 5.48 Å². The van der Waals surface area contributed by atoms with Crippen LogP contribution in [0.4, 0.5) is 11.4 Å². The van der Waals surface area contributed by atoms with E-state index in [0.29, 0.717) is 11.4 Å². The summed E-state index contributed by atoms with van der Waals surface area (Å²) in [6.07, 6.45) is 0. The SMILES string of the molecule is CO[NH2+]c1c(N)cc(Cl)nc1Cl. The molecular formula is C6H8Cl2N3O+. The van der Waals surface area contributed by atoms with Crippen molar-refractivity contribution in [2.75, 3.05) is 12.8 Å². The Bertz CT molecular complexity index is 269. The molecule has 4 N–H and O–H groups in total. The van der Waals surface area contributed by atoms with E-state index in [-0.39, 0.29) is 10.3 Å². The molecule has 0 radical (unpaired) electrons. The summed E-state index contributed by atoms with van der Waals surface area (Å²) in [5, 5.41) is 0.507. The van der Waals surface area contributed by atoms with Crippen molar-refractivity contribution in [2.45, 2.75) is 0 Å². The molecule has 0 atom stereocenters. The van der Waals surface area contributed by atoms with Gasteiger partial charge in [-0.3, -0.25) is 0 Å². The largest absolute Gasteiger partial charge is 0.394 e.